The lowest BCUT2D eigenvalue weighted by atomic mass is 9.85. The second kappa shape index (κ2) is 5.94. The normalized spacial score (nSPS) is 17.3. The van der Waals surface area contributed by atoms with Crippen molar-refractivity contribution in [3.8, 4) is 0 Å². The number of rotatable bonds is 5. The molecule has 0 radical (unpaired) electrons. The number of nitrogens with zero attached hydrogens (tertiary/aromatic N) is 1. The van der Waals surface area contributed by atoms with Gasteiger partial charge in [-0.3, -0.25) is 0 Å². The summed E-state index contributed by atoms with van der Waals surface area (Å²) in [7, 11) is 0. The SMILES string of the molecule is CCN(CC1CCC1)c1ccc(C(C)O)c(Cl)c1. The summed E-state index contributed by atoms with van der Waals surface area (Å²) in [5, 5.41) is 10.2. The van der Waals surface area contributed by atoms with Gasteiger partial charge in [0.25, 0.3) is 0 Å². The Morgan fingerprint density at radius 1 is 1.44 bits per heavy atom. The molecule has 2 rings (SSSR count). The second-order valence-electron chi connectivity index (χ2n) is 5.22. The van der Waals surface area contributed by atoms with Crippen LogP contribution in [-0.4, -0.2) is 18.2 Å². The number of hydrogen-bond acceptors (Lipinski definition) is 2. The van der Waals surface area contributed by atoms with Gasteiger partial charge in [-0.15, -0.1) is 0 Å². The molecule has 1 fully saturated rings. The van der Waals surface area contributed by atoms with Crippen molar-refractivity contribution in [3.63, 3.8) is 0 Å². The molecule has 1 aromatic carbocycles. The summed E-state index contributed by atoms with van der Waals surface area (Å²) in [6.07, 6.45) is 3.59. The van der Waals surface area contributed by atoms with Gasteiger partial charge in [-0.1, -0.05) is 24.1 Å². The van der Waals surface area contributed by atoms with Gasteiger partial charge in [0.1, 0.15) is 0 Å². The van der Waals surface area contributed by atoms with Gasteiger partial charge in [0.15, 0.2) is 0 Å². The van der Waals surface area contributed by atoms with Crippen LogP contribution in [0.1, 0.15) is 44.8 Å². The quantitative estimate of drug-likeness (QED) is 0.871. The van der Waals surface area contributed by atoms with Crippen LogP contribution in [0, 0.1) is 5.92 Å². The summed E-state index contributed by atoms with van der Waals surface area (Å²) in [5.41, 5.74) is 1.97. The Hall–Kier alpha value is -0.730. The second-order valence-corrected chi connectivity index (χ2v) is 5.62. The van der Waals surface area contributed by atoms with Crippen molar-refractivity contribution >= 4 is 17.3 Å². The highest BCUT2D eigenvalue weighted by atomic mass is 35.5. The summed E-state index contributed by atoms with van der Waals surface area (Å²) in [6, 6.07) is 5.98. The first-order chi connectivity index (χ1) is 8.61. The van der Waals surface area contributed by atoms with Crippen molar-refractivity contribution in [2.24, 2.45) is 5.92 Å². The van der Waals surface area contributed by atoms with E-state index in [1.807, 2.05) is 12.1 Å². The third-order valence-corrected chi connectivity index (χ3v) is 4.21. The van der Waals surface area contributed by atoms with Crippen LogP contribution in [0.5, 0.6) is 0 Å². The lowest BCUT2D eigenvalue weighted by Gasteiger charge is -2.33. The molecule has 100 valence electrons. The molecule has 18 heavy (non-hydrogen) atoms. The predicted octanol–water partition coefficient (Wildman–Crippen LogP) is 4.02. The number of aliphatic hydroxyl groups is 1. The van der Waals surface area contributed by atoms with E-state index in [-0.39, 0.29) is 0 Å². The Bertz CT molecular complexity index is 401. The molecule has 1 aromatic rings. The summed E-state index contributed by atoms with van der Waals surface area (Å²) in [5.74, 6) is 0.847. The van der Waals surface area contributed by atoms with Gasteiger partial charge in [-0.2, -0.15) is 0 Å². The van der Waals surface area contributed by atoms with E-state index < -0.39 is 6.10 Å². The van der Waals surface area contributed by atoms with Crippen LogP contribution in [0.15, 0.2) is 18.2 Å². The predicted molar refractivity (Wildman–Crippen MR) is 77.3 cm³/mol. The van der Waals surface area contributed by atoms with E-state index in [2.05, 4.69) is 17.9 Å². The highest BCUT2D eigenvalue weighted by Crippen LogP contribution is 2.31. The molecule has 0 aliphatic heterocycles. The standard InChI is InChI=1S/C15H22ClNO/c1-3-17(10-12-5-4-6-12)13-7-8-14(11(2)18)15(16)9-13/h7-9,11-12,18H,3-6,10H2,1-2H3. The van der Waals surface area contributed by atoms with Gasteiger partial charge in [0, 0.05) is 23.8 Å². The van der Waals surface area contributed by atoms with E-state index in [9.17, 15) is 5.11 Å². The molecule has 0 amide bonds. The van der Waals surface area contributed by atoms with Crippen molar-refractivity contribution in [1.82, 2.24) is 0 Å². The van der Waals surface area contributed by atoms with Crippen molar-refractivity contribution in [1.29, 1.82) is 0 Å². The van der Waals surface area contributed by atoms with Crippen LogP contribution in [0.4, 0.5) is 5.69 Å². The molecule has 0 bridgehead atoms. The average Bonchev–Trinajstić information content (AvgIpc) is 2.27. The lowest BCUT2D eigenvalue weighted by molar-refractivity contribution is 0.199. The summed E-state index contributed by atoms with van der Waals surface area (Å²) in [6.45, 7) is 6.05. The van der Waals surface area contributed by atoms with Crippen LogP contribution in [-0.2, 0) is 0 Å². The smallest absolute Gasteiger partial charge is 0.0776 e. The molecule has 1 atom stereocenters. The first-order valence-electron chi connectivity index (χ1n) is 6.84. The minimum atomic E-state index is -0.506. The zero-order valence-electron chi connectivity index (χ0n) is 11.2. The van der Waals surface area contributed by atoms with Crippen molar-refractivity contribution < 1.29 is 5.11 Å². The van der Waals surface area contributed by atoms with E-state index in [1.54, 1.807) is 6.92 Å². The molecule has 1 unspecified atom stereocenters. The van der Waals surface area contributed by atoms with Gasteiger partial charge >= 0.3 is 0 Å². The average molecular weight is 268 g/mol. The van der Waals surface area contributed by atoms with E-state index in [4.69, 9.17) is 11.6 Å². The zero-order valence-corrected chi connectivity index (χ0v) is 12.0. The maximum absolute atomic E-state index is 9.59. The molecular weight excluding hydrogens is 246 g/mol. The molecule has 1 aliphatic rings. The maximum atomic E-state index is 9.59. The van der Waals surface area contributed by atoms with E-state index >= 15 is 0 Å². The Kier molecular flexibility index (Phi) is 4.52. The van der Waals surface area contributed by atoms with Gasteiger partial charge < -0.3 is 10.0 Å². The van der Waals surface area contributed by atoms with Gasteiger partial charge in [0.2, 0.25) is 0 Å². The number of benzene rings is 1. The Morgan fingerprint density at radius 3 is 2.61 bits per heavy atom. The maximum Gasteiger partial charge on any atom is 0.0776 e. The highest BCUT2D eigenvalue weighted by molar-refractivity contribution is 6.31. The van der Waals surface area contributed by atoms with Crippen LogP contribution < -0.4 is 4.90 Å². The summed E-state index contributed by atoms with van der Waals surface area (Å²) in [4.78, 5) is 2.38. The molecule has 0 saturated heterocycles. The third-order valence-electron chi connectivity index (χ3n) is 3.88. The molecule has 3 heteroatoms. The van der Waals surface area contributed by atoms with Crippen molar-refractivity contribution in [3.05, 3.63) is 28.8 Å². The molecule has 0 aromatic heterocycles. The molecule has 0 spiro atoms. The largest absolute Gasteiger partial charge is 0.389 e. The van der Waals surface area contributed by atoms with Crippen LogP contribution in [0.25, 0.3) is 0 Å². The number of aliphatic hydroxyl groups excluding tert-OH is 1. The molecular formula is C15H22ClNO. The van der Waals surface area contributed by atoms with E-state index in [0.717, 1.165) is 24.6 Å². The third kappa shape index (κ3) is 2.99. The van der Waals surface area contributed by atoms with Crippen molar-refractivity contribution in [2.45, 2.75) is 39.2 Å². The van der Waals surface area contributed by atoms with Crippen LogP contribution >= 0.6 is 11.6 Å². The first kappa shape index (κ1) is 13.7. The first-order valence-corrected chi connectivity index (χ1v) is 7.22. The van der Waals surface area contributed by atoms with Gasteiger partial charge in [-0.05, 0) is 50.3 Å². The van der Waals surface area contributed by atoms with Crippen molar-refractivity contribution in [2.75, 3.05) is 18.0 Å². The van der Waals surface area contributed by atoms with E-state index in [1.165, 1.54) is 24.9 Å². The fourth-order valence-electron chi connectivity index (χ4n) is 2.46. The minimum Gasteiger partial charge on any atom is -0.389 e. The summed E-state index contributed by atoms with van der Waals surface area (Å²) >= 11 is 6.22. The minimum absolute atomic E-state index is 0.506. The Labute approximate surface area is 115 Å². The molecule has 0 heterocycles. The van der Waals surface area contributed by atoms with Gasteiger partial charge in [-0.25, -0.2) is 0 Å². The molecule has 2 nitrogen and oxygen atoms in total. The molecule has 1 saturated carbocycles. The lowest BCUT2D eigenvalue weighted by Crippen LogP contribution is -2.32. The monoisotopic (exact) mass is 267 g/mol. The zero-order chi connectivity index (χ0) is 13.1. The fourth-order valence-corrected chi connectivity index (χ4v) is 2.79. The number of hydrogen-bond donors (Lipinski definition) is 1. The molecule has 1 N–H and O–H groups in total. The summed E-state index contributed by atoms with van der Waals surface area (Å²) < 4.78 is 0. The Morgan fingerprint density at radius 2 is 2.17 bits per heavy atom. The van der Waals surface area contributed by atoms with Crippen LogP contribution in [0.2, 0.25) is 5.02 Å². The Balaban J connectivity index is 2.12. The molecule has 1 aliphatic carbocycles. The fraction of sp³-hybridized carbons (Fsp3) is 0.600. The van der Waals surface area contributed by atoms with E-state index in [0.29, 0.717) is 5.02 Å². The van der Waals surface area contributed by atoms with Gasteiger partial charge in [0.05, 0.1) is 6.10 Å². The number of halogens is 1. The number of anilines is 1. The highest BCUT2D eigenvalue weighted by Gasteiger charge is 2.20. The topological polar surface area (TPSA) is 23.5 Å². The van der Waals surface area contributed by atoms with Crippen LogP contribution in [0.3, 0.4) is 0 Å².